The zero-order chi connectivity index (χ0) is 27.6. The highest BCUT2D eigenvalue weighted by molar-refractivity contribution is 6.31. The SMILES string of the molecule is Cc1c(CN2CCN(C(=O)C3CCCC3)[C@@H](C)C2)cc(Cl)cc1NC(=O)[C@@H]1CCN(C(=O)OC(C)(C)C)C1. The van der Waals surface area contributed by atoms with Crippen LogP contribution in [0.25, 0.3) is 0 Å². The Kier molecular flexibility index (Phi) is 8.92. The Balaban J connectivity index is 1.35. The highest BCUT2D eigenvalue weighted by atomic mass is 35.5. The molecule has 4 rings (SSSR count). The lowest BCUT2D eigenvalue weighted by Gasteiger charge is -2.41. The number of rotatable bonds is 5. The van der Waals surface area contributed by atoms with Crippen LogP contribution < -0.4 is 5.32 Å². The van der Waals surface area contributed by atoms with Crippen molar-refractivity contribution < 1.29 is 19.1 Å². The van der Waals surface area contributed by atoms with Gasteiger partial charge in [-0.15, -0.1) is 0 Å². The summed E-state index contributed by atoms with van der Waals surface area (Å²) in [6.45, 7) is 13.6. The number of carbonyl (C=O) groups excluding carboxylic acids is 3. The summed E-state index contributed by atoms with van der Waals surface area (Å²) in [4.78, 5) is 44.5. The molecule has 1 saturated carbocycles. The fraction of sp³-hybridized carbons (Fsp3) is 0.690. The highest BCUT2D eigenvalue weighted by Gasteiger charge is 2.35. The van der Waals surface area contributed by atoms with Gasteiger partial charge in [0, 0.05) is 61.9 Å². The van der Waals surface area contributed by atoms with Gasteiger partial charge >= 0.3 is 6.09 Å². The average molecular weight is 547 g/mol. The molecule has 0 spiro atoms. The van der Waals surface area contributed by atoms with E-state index in [2.05, 4.69) is 22.0 Å². The van der Waals surface area contributed by atoms with Crippen molar-refractivity contribution >= 4 is 35.2 Å². The number of piperazine rings is 1. The molecule has 1 aromatic rings. The van der Waals surface area contributed by atoms with Gasteiger partial charge in [0.2, 0.25) is 11.8 Å². The van der Waals surface area contributed by atoms with Gasteiger partial charge in [0.05, 0.1) is 5.92 Å². The van der Waals surface area contributed by atoms with Gasteiger partial charge in [-0.1, -0.05) is 24.4 Å². The molecule has 2 heterocycles. The van der Waals surface area contributed by atoms with E-state index in [1.165, 1.54) is 12.8 Å². The standard InChI is InChI=1S/C29H43ClN4O4/c1-19-16-32(12-13-34(19)27(36)21-8-6-7-9-21)17-23-14-24(30)15-25(20(23)2)31-26(35)22-10-11-33(18-22)28(37)38-29(3,4)5/h14-15,19,21-22H,6-13,16-18H2,1-5H3,(H,31,35)/t19-,22+/m0/s1. The molecule has 2 saturated heterocycles. The Hall–Kier alpha value is -2.32. The second-order valence-corrected chi connectivity index (χ2v) is 12.7. The molecule has 9 heteroatoms. The summed E-state index contributed by atoms with van der Waals surface area (Å²) in [7, 11) is 0. The van der Waals surface area contributed by atoms with Crippen molar-refractivity contribution in [3.05, 3.63) is 28.3 Å². The molecule has 3 amide bonds. The molecule has 1 aromatic carbocycles. The van der Waals surface area contributed by atoms with E-state index >= 15 is 0 Å². The maximum atomic E-state index is 13.1. The maximum absolute atomic E-state index is 13.1. The number of nitrogens with zero attached hydrogens (tertiary/aromatic N) is 3. The quantitative estimate of drug-likeness (QED) is 0.558. The third-order valence-electron chi connectivity index (χ3n) is 8.04. The van der Waals surface area contributed by atoms with Crippen LogP contribution in [0, 0.1) is 18.8 Å². The van der Waals surface area contributed by atoms with Crippen LogP contribution >= 0.6 is 11.6 Å². The lowest BCUT2D eigenvalue weighted by atomic mass is 10.0. The van der Waals surface area contributed by atoms with Crippen LogP contribution in [0.1, 0.15) is 70.9 Å². The van der Waals surface area contributed by atoms with Gasteiger partial charge in [0.15, 0.2) is 0 Å². The van der Waals surface area contributed by atoms with Gasteiger partial charge in [-0.3, -0.25) is 14.5 Å². The number of benzene rings is 1. The molecule has 1 aliphatic carbocycles. The number of hydrogen-bond donors (Lipinski definition) is 1. The van der Waals surface area contributed by atoms with Crippen molar-refractivity contribution in [2.45, 2.75) is 84.9 Å². The molecule has 8 nitrogen and oxygen atoms in total. The van der Waals surface area contributed by atoms with E-state index in [0.717, 1.165) is 43.6 Å². The molecule has 2 atom stereocenters. The summed E-state index contributed by atoms with van der Waals surface area (Å²) < 4.78 is 5.46. The molecule has 2 aliphatic heterocycles. The van der Waals surface area contributed by atoms with Crippen LogP contribution in [0.15, 0.2) is 12.1 Å². The molecular formula is C29H43ClN4O4. The zero-order valence-corrected chi connectivity index (χ0v) is 24.3. The smallest absolute Gasteiger partial charge is 0.410 e. The average Bonchev–Trinajstić information content (AvgIpc) is 3.53. The van der Waals surface area contributed by atoms with Gasteiger partial charge < -0.3 is 19.9 Å². The van der Waals surface area contributed by atoms with Crippen LogP contribution in [0.5, 0.6) is 0 Å². The summed E-state index contributed by atoms with van der Waals surface area (Å²) in [5.74, 6) is 0.132. The molecule has 38 heavy (non-hydrogen) atoms. The maximum Gasteiger partial charge on any atom is 0.410 e. The third-order valence-corrected chi connectivity index (χ3v) is 8.26. The van der Waals surface area contributed by atoms with Crippen LogP contribution in [0.3, 0.4) is 0 Å². The minimum Gasteiger partial charge on any atom is -0.444 e. The van der Waals surface area contributed by atoms with Crippen molar-refractivity contribution in [1.29, 1.82) is 0 Å². The minimum atomic E-state index is -0.568. The summed E-state index contributed by atoms with van der Waals surface area (Å²) in [6, 6.07) is 3.93. The molecule has 0 aromatic heterocycles. The van der Waals surface area contributed by atoms with Crippen molar-refractivity contribution in [3.8, 4) is 0 Å². The Morgan fingerprint density at radius 2 is 1.74 bits per heavy atom. The van der Waals surface area contributed by atoms with Crippen LogP contribution in [-0.4, -0.2) is 77.0 Å². The summed E-state index contributed by atoms with van der Waals surface area (Å²) in [5.41, 5.74) is 2.19. The Morgan fingerprint density at radius 1 is 1.03 bits per heavy atom. The van der Waals surface area contributed by atoms with Gasteiger partial charge in [-0.05, 0) is 77.1 Å². The van der Waals surface area contributed by atoms with Gasteiger partial charge in [0.1, 0.15) is 5.60 Å². The topological polar surface area (TPSA) is 82.2 Å². The number of ether oxygens (including phenoxy) is 1. The van der Waals surface area contributed by atoms with E-state index in [9.17, 15) is 14.4 Å². The van der Waals surface area contributed by atoms with E-state index < -0.39 is 5.60 Å². The second-order valence-electron chi connectivity index (χ2n) is 12.2. The molecule has 3 fully saturated rings. The van der Waals surface area contributed by atoms with Crippen molar-refractivity contribution in [3.63, 3.8) is 0 Å². The van der Waals surface area contributed by atoms with Crippen LogP contribution in [0.4, 0.5) is 10.5 Å². The van der Waals surface area contributed by atoms with Crippen LogP contribution in [-0.2, 0) is 20.9 Å². The van der Waals surface area contributed by atoms with E-state index in [-0.39, 0.29) is 29.9 Å². The highest BCUT2D eigenvalue weighted by Crippen LogP contribution is 2.30. The summed E-state index contributed by atoms with van der Waals surface area (Å²) in [6.07, 6.45) is 4.61. The predicted octanol–water partition coefficient (Wildman–Crippen LogP) is 5.07. The normalized spacial score (nSPS) is 23.1. The number of hydrogen-bond acceptors (Lipinski definition) is 5. The molecule has 210 valence electrons. The zero-order valence-electron chi connectivity index (χ0n) is 23.5. The van der Waals surface area contributed by atoms with Crippen LogP contribution in [0.2, 0.25) is 5.02 Å². The van der Waals surface area contributed by atoms with E-state index in [0.29, 0.717) is 42.7 Å². The molecule has 0 radical (unpaired) electrons. The number of halogens is 1. The second kappa shape index (κ2) is 11.8. The van der Waals surface area contributed by atoms with Crippen molar-refractivity contribution in [2.75, 3.05) is 38.0 Å². The first kappa shape index (κ1) is 28.7. The number of likely N-dealkylation sites (tertiary alicyclic amines) is 1. The monoisotopic (exact) mass is 546 g/mol. The number of nitrogens with one attached hydrogen (secondary N) is 1. The lowest BCUT2D eigenvalue weighted by Crippen LogP contribution is -2.54. The molecule has 3 aliphatic rings. The Labute approximate surface area is 232 Å². The fourth-order valence-electron chi connectivity index (χ4n) is 5.88. The third kappa shape index (κ3) is 7.00. The number of amides is 3. The van der Waals surface area contributed by atoms with Crippen molar-refractivity contribution in [1.82, 2.24) is 14.7 Å². The largest absolute Gasteiger partial charge is 0.444 e. The van der Waals surface area contributed by atoms with E-state index in [1.54, 1.807) is 11.0 Å². The van der Waals surface area contributed by atoms with Gasteiger partial charge in [-0.25, -0.2) is 4.79 Å². The lowest BCUT2D eigenvalue weighted by molar-refractivity contribution is -0.140. The van der Waals surface area contributed by atoms with Crippen molar-refractivity contribution in [2.24, 2.45) is 11.8 Å². The first-order valence-corrected chi connectivity index (χ1v) is 14.4. The Bertz CT molecular complexity index is 1050. The first-order chi connectivity index (χ1) is 17.9. The molecule has 1 N–H and O–H groups in total. The van der Waals surface area contributed by atoms with Gasteiger partial charge in [-0.2, -0.15) is 0 Å². The van der Waals surface area contributed by atoms with E-state index in [4.69, 9.17) is 16.3 Å². The van der Waals surface area contributed by atoms with E-state index in [1.807, 2.05) is 33.8 Å². The number of anilines is 1. The first-order valence-electron chi connectivity index (χ1n) is 14.0. The summed E-state index contributed by atoms with van der Waals surface area (Å²) in [5, 5.41) is 3.64. The number of carbonyl (C=O) groups is 3. The van der Waals surface area contributed by atoms with Gasteiger partial charge in [0.25, 0.3) is 0 Å². The predicted molar refractivity (Wildman–Crippen MR) is 149 cm³/mol. The molecule has 0 bridgehead atoms. The fourth-order valence-corrected chi connectivity index (χ4v) is 6.12. The summed E-state index contributed by atoms with van der Waals surface area (Å²) >= 11 is 6.48. The molecule has 0 unspecified atom stereocenters. The minimum absolute atomic E-state index is 0.111. The molecular weight excluding hydrogens is 504 g/mol. The Morgan fingerprint density at radius 3 is 2.39 bits per heavy atom.